The molecule has 120 valence electrons. The minimum atomic E-state index is -0.0155. The van der Waals surface area contributed by atoms with E-state index in [9.17, 15) is 4.79 Å². The summed E-state index contributed by atoms with van der Waals surface area (Å²) in [5.74, 6) is 0.701. The molecule has 0 unspecified atom stereocenters. The summed E-state index contributed by atoms with van der Waals surface area (Å²) < 4.78 is 0. The van der Waals surface area contributed by atoms with Gasteiger partial charge in [0.2, 0.25) is 5.91 Å². The van der Waals surface area contributed by atoms with Crippen molar-refractivity contribution in [1.29, 1.82) is 0 Å². The molecule has 1 amide bonds. The van der Waals surface area contributed by atoms with Gasteiger partial charge in [-0.3, -0.25) is 4.79 Å². The second kappa shape index (κ2) is 9.93. The number of amides is 1. The summed E-state index contributed by atoms with van der Waals surface area (Å²) in [6.45, 7) is 5.57. The topological polar surface area (TPSA) is 60.8 Å². The highest BCUT2D eigenvalue weighted by molar-refractivity contribution is 14.0. The van der Waals surface area contributed by atoms with Crippen LogP contribution in [-0.2, 0) is 11.3 Å². The Morgan fingerprint density at radius 3 is 2.57 bits per heavy atom. The Hall–Kier alpha value is -0.900. The van der Waals surface area contributed by atoms with Gasteiger partial charge in [0.15, 0.2) is 5.96 Å². The lowest BCUT2D eigenvalue weighted by Crippen LogP contribution is -2.39. The van der Waals surface area contributed by atoms with Crippen LogP contribution in [0.1, 0.15) is 17.6 Å². The summed E-state index contributed by atoms with van der Waals surface area (Å²) >= 11 is 1.63. The van der Waals surface area contributed by atoms with E-state index >= 15 is 0 Å². The number of carbonyl (C=O) groups excluding carboxylic acids is 1. The van der Waals surface area contributed by atoms with Crippen molar-refractivity contribution in [2.45, 2.75) is 20.4 Å². The zero-order valence-corrected chi connectivity index (χ0v) is 16.4. The predicted molar refractivity (Wildman–Crippen MR) is 98.4 cm³/mol. The SMILES string of the molecule is CCNC(=NCC(=O)N(C)C)N(C)Cc1csc(C)n1.I. The number of halogens is 1. The lowest BCUT2D eigenvalue weighted by Gasteiger charge is -2.21. The van der Waals surface area contributed by atoms with Crippen molar-refractivity contribution in [3.63, 3.8) is 0 Å². The van der Waals surface area contributed by atoms with Gasteiger partial charge in [0.05, 0.1) is 17.2 Å². The molecule has 0 spiro atoms. The highest BCUT2D eigenvalue weighted by atomic mass is 127. The maximum Gasteiger partial charge on any atom is 0.243 e. The van der Waals surface area contributed by atoms with E-state index < -0.39 is 0 Å². The van der Waals surface area contributed by atoms with Gasteiger partial charge >= 0.3 is 0 Å². The molecule has 6 nitrogen and oxygen atoms in total. The van der Waals surface area contributed by atoms with Gasteiger partial charge in [-0.1, -0.05) is 0 Å². The Morgan fingerprint density at radius 1 is 1.43 bits per heavy atom. The smallest absolute Gasteiger partial charge is 0.243 e. The maximum atomic E-state index is 11.6. The van der Waals surface area contributed by atoms with Gasteiger partial charge < -0.3 is 15.1 Å². The van der Waals surface area contributed by atoms with Crippen molar-refractivity contribution in [3.8, 4) is 0 Å². The Labute approximate surface area is 147 Å². The summed E-state index contributed by atoms with van der Waals surface area (Å²) in [6, 6.07) is 0. The molecule has 0 fully saturated rings. The molecule has 21 heavy (non-hydrogen) atoms. The summed E-state index contributed by atoms with van der Waals surface area (Å²) in [5, 5.41) is 6.28. The standard InChI is InChI=1S/C13H23N5OS.HI/c1-6-14-13(15-7-12(19)17(3)4)18(5)8-11-9-20-10(2)16-11;/h9H,6-8H2,1-5H3,(H,14,15);1H. The number of hydrogen-bond acceptors (Lipinski definition) is 4. The molecule has 1 rings (SSSR count). The number of aryl methyl sites for hydroxylation is 1. The number of aliphatic imine (C=N–C) groups is 1. The van der Waals surface area contributed by atoms with E-state index in [-0.39, 0.29) is 36.4 Å². The van der Waals surface area contributed by atoms with Crippen molar-refractivity contribution in [3.05, 3.63) is 16.1 Å². The minimum Gasteiger partial charge on any atom is -0.357 e. The number of carbonyl (C=O) groups is 1. The van der Waals surface area contributed by atoms with Crippen LogP contribution in [-0.4, -0.2) is 60.9 Å². The van der Waals surface area contributed by atoms with Crippen molar-refractivity contribution in [2.75, 3.05) is 34.2 Å². The molecule has 0 aliphatic heterocycles. The van der Waals surface area contributed by atoms with Gasteiger partial charge in [0, 0.05) is 33.1 Å². The van der Waals surface area contributed by atoms with Gasteiger partial charge in [-0.2, -0.15) is 0 Å². The average molecular weight is 425 g/mol. The van der Waals surface area contributed by atoms with E-state index in [4.69, 9.17) is 0 Å². The third-order valence-electron chi connectivity index (χ3n) is 2.63. The van der Waals surface area contributed by atoms with Crippen LogP contribution in [0.4, 0.5) is 0 Å². The van der Waals surface area contributed by atoms with Crippen LogP contribution in [0.15, 0.2) is 10.4 Å². The third kappa shape index (κ3) is 7.07. The normalized spacial score (nSPS) is 10.8. The molecule has 1 aromatic heterocycles. The van der Waals surface area contributed by atoms with Crippen LogP contribution in [0, 0.1) is 6.92 Å². The first-order valence-electron chi connectivity index (χ1n) is 6.54. The first kappa shape index (κ1) is 20.1. The Bertz CT molecular complexity index is 475. The number of guanidine groups is 1. The van der Waals surface area contributed by atoms with Crippen LogP contribution in [0.2, 0.25) is 0 Å². The number of nitrogens with one attached hydrogen (secondary N) is 1. The highest BCUT2D eigenvalue weighted by Crippen LogP contribution is 2.09. The molecule has 0 aliphatic rings. The predicted octanol–water partition coefficient (Wildman–Crippen LogP) is 1.56. The second-order valence-corrected chi connectivity index (χ2v) is 5.73. The first-order valence-corrected chi connectivity index (χ1v) is 7.42. The van der Waals surface area contributed by atoms with Crippen LogP contribution >= 0.6 is 35.3 Å². The van der Waals surface area contributed by atoms with E-state index in [1.54, 1.807) is 25.4 Å². The number of nitrogens with zero attached hydrogens (tertiary/aromatic N) is 4. The van der Waals surface area contributed by atoms with Crippen LogP contribution in [0.3, 0.4) is 0 Å². The molecule has 0 bridgehead atoms. The van der Waals surface area contributed by atoms with Crippen molar-refractivity contribution in [1.82, 2.24) is 20.1 Å². The molecule has 0 saturated carbocycles. The number of likely N-dealkylation sites (N-methyl/N-ethyl adjacent to an activating group) is 1. The number of rotatable bonds is 5. The molecular formula is C13H24IN5OS. The highest BCUT2D eigenvalue weighted by Gasteiger charge is 2.10. The van der Waals surface area contributed by atoms with Crippen LogP contribution in [0.5, 0.6) is 0 Å². The summed E-state index contributed by atoms with van der Waals surface area (Å²) in [5.41, 5.74) is 1.01. The monoisotopic (exact) mass is 425 g/mol. The third-order valence-corrected chi connectivity index (χ3v) is 3.45. The molecule has 0 atom stereocenters. The molecule has 1 aromatic rings. The second-order valence-electron chi connectivity index (χ2n) is 4.67. The largest absolute Gasteiger partial charge is 0.357 e. The van der Waals surface area contributed by atoms with Gasteiger partial charge in [-0.15, -0.1) is 35.3 Å². The van der Waals surface area contributed by atoms with E-state index in [2.05, 4.69) is 15.3 Å². The van der Waals surface area contributed by atoms with E-state index in [1.807, 2.05) is 31.2 Å². The lowest BCUT2D eigenvalue weighted by molar-refractivity contribution is -0.127. The molecule has 0 aliphatic carbocycles. The average Bonchev–Trinajstić information content (AvgIpc) is 2.79. The summed E-state index contributed by atoms with van der Waals surface area (Å²) in [6.07, 6.45) is 0. The van der Waals surface area contributed by atoms with Gasteiger partial charge in [0.25, 0.3) is 0 Å². The van der Waals surface area contributed by atoms with E-state index in [1.165, 1.54) is 4.90 Å². The van der Waals surface area contributed by atoms with Crippen molar-refractivity contribution < 1.29 is 4.79 Å². The fourth-order valence-electron chi connectivity index (χ4n) is 1.55. The molecule has 1 heterocycles. The molecule has 0 radical (unpaired) electrons. The molecule has 0 aromatic carbocycles. The van der Waals surface area contributed by atoms with Crippen molar-refractivity contribution >= 4 is 47.2 Å². The molecular weight excluding hydrogens is 401 g/mol. The first-order chi connectivity index (χ1) is 9.43. The van der Waals surface area contributed by atoms with Gasteiger partial charge in [-0.25, -0.2) is 9.98 Å². The molecule has 8 heteroatoms. The number of hydrogen-bond donors (Lipinski definition) is 1. The zero-order valence-electron chi connectivity index (χ0n) is 13.2. The quantitative estimate of drug-likeness (QED) is 0.442. The molecule has 0 saturated heterocycles. The van der Waals surface area contributed by atoms with Crippen LogP contribution < -0.4 is 5.32 Å². The number of thiazole rings is 1. The minimum absolute atomic E-state index is 0. The lowest BCUT2D eigenvalue weighted by atomic mass is 10.4. The number of aromatic nitrogens is 1. The maximum absolute atomic E-state index is 11.6. The summed E-state index contributed by atoms with van der Waals surface area (Å²) in [4.78, 5) is 23.9. The molecule has 1 N–H and O–H groups in total. The zero-order chi connectivity index (χ0) is 15.1. The van der Waals surface area contributed by atoms with Gasteiger partial charge in [0.1, 0.15) is 6.54 Å². The fraction of sp³-hybridized carbons (Fsp3) is 0.615. The van der Waals surface area contributed by atoms with E-state index in [0.717, 1.165) is 17.2 Å². The summed E-state index contributed by atoms with van der Waals surface area (Å²) in [7, 11) is 5.40. The van der Waals surface area contributed by atoms with Crippen LogP contribution in [0.25, 0.3) is 0 Å². The van der Waals surface area contributed by atoms with E-state index in [0.29, 0.717) is 12.5 Å². The Kier molecular flexibility index (Phi) is 9.51. The van der Waals surface area contributed by atoms with Crippen molar-refractivity contribution in [2.24, 2.45) is 4.99 Å². The van der Waals surface area contributed by atoms with Gasteiger partial charge in [-0.05, 0) is 13.8 Å². The Morgan fingerprint density at radius 2 is 2.10 bits per heavy atom. The Balaban J connectivity index is 0.00000400. The fourth-order valence-corrected chi connectivity index (χ4v) is 2.16.